The van der Waals surface area contributed by atoms with Gasteiger partial charge in [0.05, 0.1) is 11.5 Å². The number of alkyl halides is 3. The summed E-state index contributed by atoms with van der Waals surface area (Å²) in [5.41, 5.74) is -0.0859. The molecule has 1 N–H and O–H groups in total. The highest BCUT2D eigenvalue weighted by Crippen LogP contribution is 2.24. The van der Waals surface area contributed by atoms with Gasteiger partial charge in [-0.2, -0.15) is 13.2 Å². The summed E-state index contributed by atoms with van der Waals surface area (Å²) in [6, 6.07) is 3.75. The van der Waals surface area contributed by atoms with Gasteiger partial charge in [-0.05, 0) is 12.1 Å². The third-order valence-corrected chi connectivity index (χ3v) is 2.18. The van der Waals surface area contributed by atoms with Crippen molar-refractivity contribution in [1.82, 2.24) is 0 Å². The number of hydrogen-bond donors (Lipinski definition) is 1. The molecule has 0 radical (unpaired) electrons. The number of hydrogen-bond acceptors (Lipinski definition) is 5. The molecule has 1 aromatic rings. The molecule has 1 rings (SSSR count). The van der Waals surface area contributed by atoms with Crippen LogP contribution in [0.15, 0.2) is 18.2 Å². The summed E-state index contributed by atoms with van der Waals surface area (Å²) in [4.78, 5) is 20.6. The number of nitrogens with one attached hydrogen (secondary N) is 1. The van der Waals surface area contributed by atoms with E-state index >= 15 is 0 Å². The summed E-state index contributed by atoms with van der Waals surface area (Å²) in [6.07, 6.45) is -3.94. The summed E-state index contributed by atoms with van der Waals surface area (Å²) in [6.45, 7) is -1.66. The van der Waals surface area contributed by atoms with Crippen molar-refractivity contribution in [3.05, 3.63) is 33.9 Å². The van der Waals surface area contributed by atoms with Crippen molar-refractivity contribution in [2.24, 2.45) is 0 Å². The van der Waals surface area contributed by atoms with Gasteiger partial charge in [0.15, 0.2) is 0 Å². The van der Waals surface area contributed by atoms with Crippen LogP contribution in [0.3, 0.4) is 0 Å². The van der Waals surface area contributed by atoms with E-state index in [1.54, 1.807) is 0 Å². The fraction of sp³-hybridized carbons (Fsp3) is 0.364. The average molecular weight is 292 g/mol. The zero-order valence-corrected chi connectivity index (χ0v) is 10.1. The Bertz CT molecular complexity index is 491. The molecule has 110 valence electrons. The van der Waals surface area contributed by atoms with E-state index in [4.69, 9.17) is 0 Å². The first-order chi connectivity index (χ1) is 9.33. The number of halogens is 3. The molecule has 0 aromatic heterocycles. The maximum atomic E-state index is 11.8. The number of carbonyl (C=O) groups excluding carboxylic acids is 1. The fourth-order valence-electron chi connectivity index (χ4n) is 1.37. The van der Waals surface area contributed by atoms with Crippen LogP contribution in [0.4, 0.5) is 24.5 Å². The summed E-state index contributed by atoms with van der Waals surface area (Å²) in [5, 5.41) is 13.4. The van der Waals surface area contributed by atoms with Crippen molar-refractivity contribution in [2.75, 3.05) is 25.1 Å². The molecule has 0 saturated heterocycles. The first kappa shape index (κ1) is 15.9. The number of nitro groups is 1. The molecule has 9 heteroatoms. The molecule has 1 aromatic carbocycles. The van der Waals surface area contributed by atoms with Gasteiger partial charge in [0.1, 0.15) is 18.6 Å². The number of anilines is 1. The fourth-order valence-corrected chi connectivity index (χ4v) is 1.37. The molecule has 6 nitrogen and oxygen atoms in total. The molecule has 0 aliphatic rings. The summed E-state index contributed by atoms with van der Waals surface area (Å²) in [7, 11) is 0. The Labute approximate surface area is 111 Å². The molecular weight excluding hydrogens is 281 g/mol. The molecule has 0 heterocycles. The number of nitrogens with zero attached hydrogens (tertiary/aromatic N) is 1. The highest BCUT2D eigenvalue weighted by Gasteiger charge is 2.27. The smallest absolute Gasteiger partial charge is 0.377 e. The van der Waals surface area contributed by atoms with Crippen molar-refractivity contribution < 1.29 is 27.6 Å². The van der Waals surface area contributed by atoms with E-state index in [0.29, 0.717) is 6.29 Å². The van der Waals surface area contributed by atoms with Crippen molar-refractivity contribution in [3.63, 3.8) is 0 Å². The largest absolute Gasteiger partial charge is 0.411 e. The summed E-state index contributed by atoms with van der Waals surface area (Å²) in [5.74, 6) is 0. The van der Waals surface area contributed by atoms with Gasteiger partial charge >= 0.3 is 6.18 Å². The van der Waals surface area contributed by atoms with E-state index in [1.165, 1.54) is 12.1 Å². The zero-order valence-electron chi connectivity index (χ0n) is 10.1. The normalized spacial score (nSPS) is 11.2. The predicted molar refractivity (Wildman–Crippen MR) is 63.8 cm³/mol. The highest BCUT2D eigenvalue weighted by molar-refractivity contribution is 5.79. The van der Waals surface area contributed by atoms with Crippen LogP contribution < -0.4 is 5.32 Å². The van der Waals surface area contributed by atoms with E-state index < -0.39 is 17.7 Å². The molecule has 0 amide bonds. The Hall–Kier alpha value is -2.16. The molecule has 0 spiro atoms. The molecule has 0 fully saturated rings. The number of carbonyl (C=O) groups is 1. The second-order valence-electron chi connectivity index (χ2n) is 3.75. The lowest BCUT2D eigenvalue weighted by Gasteiger charge is -2.09. The Morgan fingerprint density at radius 3 is 2.65 bits per heavy atom. The second-order valence-corrected chi connectivity index (χ2v) is 3.75. The number of rotatable bonds is 7. The molecule has 0 aliphatic heterocycles. The molecule has 0 atom stereocenters. The zero-order chi connectivity index (χ0) is 15.2. The van der Waals surface area contributed by atoms with Crippen LogP contribution in [0.1, 0.15) is 10.4 Å². The Morgan fingerprint density at radius 1 is 1.40 bits per heavy atom. The van der Waals surface area contributed by atoms with E-state index in [-0.39, 0.29) is 30.1 Å². The van der Waals surface area contributed by atoms with Crippen LogP contribution in [0.2, 0.25) is 0 Å². The van der Waals surface area contributed by atoms with Gasteiger partial charge in [-0.3, -0.25) is 14.9 Å². The minimum absolute atomic E-state index is 0.0304. The quantitative estimate of drug-likeness (QED) is 0.361. The maximum absolute atomic E-state index is 11.8. The van der Waals surface area contributed by atoms with Crippen molar-refractivity contribution >= 4 is 17.7 Å². The van der Waals surface area contributed by atoms with E-state index in [1.807, 2.05) is 0 Å². The number of aldehydes is 1. The molecule has 0 aliphatic carbocycles. The second kappa shape index (κ2) is 6.85. The summed E-state index contributed by atoms with van der Waals surface area (Å²) >= 11 is 0. The molecule has 0 unspecified atom stereocenters. The number of benzene rings is 1. The van der Waals surface area contributed by atoms with Crippen LogP contribution in [-0.4, -0.2) is 37.1 Å². The van der Waals surface area contributed by atoms with Crippen LogP contribution >= 0.6 is 0 Å². The lowest BCUT2D eigenvalue weighted by Crippen LogP contribution is -2.20. The van der Waals surface area contributed by atoms with Crippen molar-refractivity contribution in [2.45, 2.75) is 6.18 Å². The Balaban J connectivity index is 2.55. The minimum atomic E-state index is -4.41. The first-order valence-corrected chi connectivity index (χ1v) is 5.45. The van der Waals surface area contributed by atoms with E-state index in [0.717, 1.165) is 6.07 Å². The van der Waals surface area contributed by atoms with Crippen LogP contribution in [-0.2, 0) is 4.74 Å². The van der Waals surface area contributed by atoms with Crippen LogP contribution in [0.5, 0.6) is 0 Å². The van der Waals surface area contributed by atoms with Gasteiger partial charge in [0.25, 0.3) is 5.69 Å². The van der Waals surface area contributed by atoms with Gasteiger partial charge in [-0.15, -0.1) is 0 Å². The summed E-state index contributed by atoms with van der Waals surface area (Å²) < 4.78 is 39.7. The lowest BCUT2D eigenvalue weighted by molar-refractivity contribution is -0.384. The topological polar surface area (TPSA) is 81.5 Å². The molecule has 0 bridgehead atoms. The van der Waals surface area contributed by atoms with Crippen LogP contribution in [0, 0.1) is 10.1 Å². The van der Waals surface area contributed by atoms with Crippen molar-refractivity contribution in [1.29, 1.82) is 0 Å². The van der Waals surface area contributed by atoms with Crippen LogP contribution in [0.25, 0.3) is 0 Å². The third-order valence-electron chi connectivity index (χ3n) is 2.18. The van der Waals surface area contributed by atoms with Gasteiger partial charge in [0, 0.05) is 18.2 Å². The standard InChI is InChI=1S/C11H11F3N2O4/c12-11(13,14)7-20-4-3-15-9-2-1-8(6-17)5-10(9)16(18)19/h1-2,5-6,15H,3-4,7H2. The molecular formula is C11H11F3N2O4. The van der Waals surface area contributed by atoms with Gasteiger partial charge < -0.3 is 10.1 Å². The monoisotopic (exact) mass is 292 g/mol. The Kier molecular flexibility index (Phi) is 5.44. The Morgan fingerprint density at radius 2 is 2.10 bits per heavy atom. The highest BCUT2D eigenvalue weighted by atomic mass is 19.4. The van der Waals surface area contributed by atoms with Gasteiger partial charge in [-0.25, -0.2) is 0 Å². The average Bonchev–Trinajstić information content (AvgIpc) is 2.37. The maximum Gasteiger partial charge on any atom is 0.411 e. The van der Waals surface area contributed by atoms with E-state index in [2.05, 4.69) is 10.1 Å². The van der Waals surface area contributed by atoms with Gasteiger partial charge in [-0.1, -0.05) is 0 Å². The lowest BCUT2D eigenvalue weighted by atomic mass is 10.2. The first-order valence-electron chi connectivity index (χ1n) is 5.45. The van der Waals surface area contributed by atoms with E-state index in [9.17, 15) is 28.1 Å². The number of nitro benzene ring substituents is 1. The molecule has 0 saturated carbocycles. The minimum Gasteiger partial charge on any atom is -0.377 e. The SMILES string of the molecule is O=Cc1ccc(NCCOCC(F)(F)F)c([N+](=O)[O-])c1. The third kappa shape index (κ3) is 5.22. The number of ether oxygens (including phenoxy) is 1. The molecule has 20 heavy (non-hydrogen) atoms. The van der Waals surface area contributed by atoms with Crippen molar-refractivity contribution in [3.8, 4) is 0 Å². The van der Waals surface area contributed by atoms with Gasteiger partial charge in [0.2, 0.25) is 0 Å². The predicted octanol–water partition coefficient (Wildman–Crippen LogP) is 2.40.